The van der Waals surface area contributed by atoms with Crippen molar-refractivity contribution >= 4 is 15.9 Å². The molecule has 13 heavy (non-hydrogen) atoms. The second-order valence-electron chi connectivity index (χ2n) is 2.73. The van der Waals surface area contributed by atoms with E-state index in [1.165, 1.54) is 0 Å². The second kappa shape index (κ2) is 3.30. The minimum atomic E-state index is 0.887. The molecule has 1 aromatic heterocycles. The van der Waals surface area contributed by atoms with Gasteiger partial charge in [-0.05, 0) is 25.1 Å². The number of hydrogen-bond acceptors (Lipinski definition) is 2. The molecule has 0 amide bonds. The van der Waals surface area contributed by atoms with E-state index in [4.69, 9.17) is 0 Å². The van der Waals surface area contributed by atoms with Crippen molar-refractivity contribution in [2.24, 2.45) is 0 Å². The van der Waals surface area contributed by atoms with Gasteiger partial charge in [-0.25, -0.2) is 0 Å². The van der Waals surface area contributed by atoms with Crippen molar-refractivity contribution in [2.45, 2.75) is 6.92 Å². The third-order valence-corrected chi connectivity index (χ3v) is 2.30. The fraction of sp³-hybridized carbons (Fsp3) is 0.111. The van der Waals surface area contributed by atoms with Gasteiger partial charge in [-0.15, -0.1) is 10.2 Å². The van der Waals surface area contributed by atoms with Crippen LogP contribution in [0.1, 0.15) is 5.82 Å². The zero-order chi connectivity index (χ0) is 9.26. The van der Waals surface area contributed by atoms with E-state index in [0.717, 1.165) is 16.0 Å². The Bertz CT molecular complexity index is 422. The first-order valence-corrected chi connectivity index (χ1v) is 4.69. The van der Waals surface area contributed by atoms with Crippen molar-refractivity contribution < 1.29 is 0 Å². The van der Waals surface area contributed by atoms with Gasteiger partial charge in [0.1, 0.15) is 12.2 Å². The smallest absolute Gasteiger partial charge is 0.134 e. The van der Waals surface area contributed by atoms with E-state index in [1.807, 2.05) is 35.8 Å². The molecule has 66 valence electrons. The van der Waals surface area contributed by atoms with Crippen molar-refractivity contribution in [3.8, 4) is 5.69 Å². The maximum Gasteiger partial charge on any atom is 0.134 e. The van der Waals surface area contributed by atoms with Crippen molar-refractivity contribution in [3.63, 3.8) is 0 Å². The SMILES string of the molecule is Cc1nncn1-c1cccc(Br)c1. The molecule has 0 spiro atoms. The van der Waals surface area contributed by atoms with Gasteiger partial charge in [0.15, 0.2) is 0 Å². The molecule has 3 nitrogen and oxygen atoms in total. The largest absolute Gasteiger partial charge is 0.286 e. The molecule has 0 bridgehead atoms. The molecule has 0 unspecified atom stereocenters. The molecule has 4 heteroatoms. The third-order valence-electron chi connectivity index (χ3n) is 1.80. The minimum Gasteiger partial charge on any atom is -0.286 e. The highest BCUT2D eigenvalue weighted by molar-refractivity contribution is 9.10. The van der Waals surface area contributed by atoms with Crippen LogP contribution in [0, 0.1) is 6.92 Å². The molecule has 1 heterocycles. The summed E-state index contributed by atoms with van der Waals surface area (Å²) < 4.78 is 2.99. The van der Waals surface area contributed by atoms with Crippen molar-refractivity contribution in [3.05, 3.63) is 40.9 Å². The first kappa shape index (κ1) is 8.44. The highest BCUT2D eigenvalue weighted by Gasteiger charge is 2.00. The fourth-order valence-corrected chi connectivity index (χ4v) is 1.56. The zero-order valence-corrected chi connectivity index (χ0v) is 8.69. The first-order chi connectivity index (χ1) is 6.27. The predicted octanol–water partition coefficient (Wildman–Crippen LogP) is 2.34. The maximum atomic E-state index is 3.92. The Morgan fingerprint density at radius 2 is 2.23 bits per heavy atom. The van der Waals surface area contributed by atoms with Crippen LogP contribution in [0.5, 0.6) is 0 Å². The minimum absolute atomic E-state index is 0.887. The summed E-state index contributed by atoms with van der Waals surface area (Å²) >= 11 is 3.42. The van der Waals surface area contributed by atoms with Crippen LogP contribution in [-0.2, 0) is 0 Å². The first-order valence-electron chi connectivity index (χ1n) is 3.90. The molecule has 2 rings (SSSR count). The van der Waals surface area contributed by atoms with Gasteiger partial charge in [-0.2, -0.15) is 0 Å². The molecule has 2 aromatic rings. The van der Waals surface area contributed by atoms with Gasteiger partial charge in [0.25, 0.3) is 0 Å². The van der Waals surface area contributed by atoms with Crippen LogP contribution in [0.25, 0.3) is 5.69 Å². The van der Waals surface area contributed by atoms with E-state index in [1.54, 1.807) is 6.33 Å². The van der Waals surface area contributed by atoms with Crippen LogP contribution in [0.3, 0.4) is 0 Å². The van der Waals surface area contributed by atoms with E-state index >= 15 is 0 Å². The Morgan fingerprint density at radius 1 is 1.38 bits per heavy atom. The van der Waals surface area contributed by atoms with Crippen molar-refractivity contribution in [1.29, 1.82) is 0 Å². The lowest BCUT2D eigenvalue weighted by atomic mass is 10.3. The molecular formula is C9H8BrN3. The van der Waals surface area contributed by atoms with Crippen molar-refractivity contribution in [1.82, 2.24) is 14.8 Å². The number of benzene rings is 1. The second-order valence-corrected chi connectivity index (χ2v) is 3.64. The number of halogens is 1. The van der Waals surface area contributed by atoms with E-state index < -0.39 is 0 Å². The Kier molecular flexibility index (Phi) is 2.14. The summed E-state index contributed by atoms with van der Waals surface area (Å²) in [7, 11) is 0. The summed E-state index contributed by atoms with van der Waals surface area (Å²) in [4.78, 5) is 0. The molecule has 0 atom stereocenters. The zero-order valence-electron chi connectivity index (χ0n) is 7.11. The fourth-order valence-electron chi connectivity index (χ4n) is 1.17. The summed E-state index contributed by atoms with van der Waals surface area (Å²) in [5, 5.41) is 7.75. The molecule has 0 fully saturated rings. The lowest BCUT2D eigenvalue weighted by Gasteiger charge is -2.02. The van der Waals surface area contributed by atoms with Gasteiger partial charge in [-0.1, -0.05) is 22.0 Å². The van der Waals surface area contributed by atoms with Crippen LogP contribution >= 0.6 is 15.9 Å². The summed E-state index contributed by atoms with van der Waals surface area (Å²) in [6.45, 7) is 1.92. The van der Waals surface area contributed by atoms with Crippen molar-refractivity contribution in [2.75, 3.05) is 0 Å². The number of hydrogen-bond donors (Lipinski definition) is 0. The highest BCUT2D eigenvalue weighted by atomic mass is 79.9. The lowest BCUT2D eigenvalue weighted by molar-refractivity contribution is 0.969. The van der Waals surface area contributed by atoms with Crippen LogP contribution in [0.2, 0.25) is 0 Å². The highest BCUT2D eigenvalue weighted by Crippen LogP contribution is 2.15. The quantitative estimate of drug-likeness (QED) is 0.763. The van der Waals surface area contributed by atoms with E-state index in [-0.39, 0.29) is 0 Å². The Morgan fingerprint density at radius 3 is 2.85 bits per heavy atom. The summed E-state index contributed by atoms with van der Waals surface area (Å²) in [6, 6.07) is 8.01. The molecular weight excluding hydrogens is 230 g/mol. The molecule has 0 aliphatic rings. The summed E-state index contributed by atoms with van der Waals surface area (Å²) in [5.74, 6) is 0.887. The normalized spacial score (nSPS) is 10.3. The van der Waals surface area contributed by atoms with Gasteiger partial charge in [0, 0.05) is 10.2 Å². The van der Waals surface area contributed by atoms with Crippen LogP contribution in [-0.4, -0.2) is 14.8 Å². The Labute approximate surface area is 84.5 Å². The average Bonchev–Trinajstić information content (AvgIpc) is 2.51. The van der Waals surface area contributed by atoms with E-state index in [9.17, 15) is 0 Å². The third kappa shape index (κ3) is 1.62. The Hall–Kier alpha value is -1.16. The summed E-state index contributed by atoms with van der Waals surface area (Å²) in [5.41, 5.74) is 1.07. The Balaban J connectivity index is 2.53. The van der Waals surface area contributed by atoms with Gasteiger partial charge in [-0.3, -0.25) is 4.57 Å². The number of aromatic nitrogens is 3. The number of aryl methyl sites for hydroxylation is 1. The molecule has 0 aliphatic carbocycles. The van der Waals surface area contributed by atoms with E-state index in [2.05, 4.69) is 26.1 Å². The van der Waals surface area contributed by atoms with Crippen LogP contribution in [0.15, 0.2) is 35.1 Å². The van der Waals surface area contributed by atoms with E-state index in [0.29, 0.717) is 0 Å². The monoisotopic (exact) mass is 237 g/mol. The number of rotatable bonds is 1. The van der Waals surface area contributed by atoms with Gasteiger partial charge < -0.3 is 0 Å². The molecule has 0 N–H and O–H groups in total. The predicted molar refractivity (Wildman–Crippen MR) is 53.8 cm³/mol. The molecule has 0 saturated heterocycles. The summed E-state index contributed by atoms with van der Waals surface area (Å²) in [6.07, 6.45) is 1.71. The molecule has 0 aliphatic heterocycles. The van der Waals surface area contributed by atoms with Gasteiger partial charge in [0.2, 0.25) is 0 Å². The lowest BCUT2D eigenvalue weighted by Crippen LogP contribution is -1.94. The van der Waals surface area contributed by atoms with Crippen LogP contribution in [0.4, 0.5) is 0 Å². The van der Waals surface area contributed by atoms with Crippen LogP contribution < -0.4 is 0 Å². The van der Waals surface area contributed by atoms with Gasteiger partial charge in [0.05, 0.1) is 0 Å². The molecule has 0 saturated carbocycles. The maximum absolute atomic E-state index is 3.92. The van der Waals surface area contributed by atoms with Gasteiger partial charge >= 0.3 is 0 Å². The number of nitrogens with zero attached hydrogens (tertiary/aromatic N) is 3. The standard InChI is InChI=1S/C9H8BrN3/c1-7-12-11-6-13(7)9-4-2-3-8(10)5-9/h2-6H,1H3. The molecule has 0 radical (unpaired) electrons. The average molecular weight is 238 g/mol. The topological polar surface area (TPSA) is 30.7 Å². The molecule has 1 aromatic carbocycles.